The number of rotatable bonds is 6. The largest absolute Gasteiger partial charge is 0.446 e. The van der Waals surface area contributed by atoms with Crippen molar-refractivity contribution in [1.29, 1.82) is 0 Å². The van der Waals surface area contributed by atoms with Crippen LogP contribution in [-0.4, -0.2) is 26.6 Å². The first kappa shape index (κ1) is 19.1. The lowest BCUT2D eigenvalue weighted by Crippen LogP contribution is -2.16. The molecule has 0 bridgehead atoms. The van der Waals surface area contributed by atoms with Gasteiger partial charge in [-0.3, -0.25) is 4.52 Å². The van der Waals surface area contributed by atoms with E-state index < -0.39 is 23.3 Å². The second-order valence-electron chi connectivity index (χ2n) is 5.39. The van der Waals surface area contributed by atoms with Gasteiger partial charge >= 0.3 is 11.9 Å². The van der Waals surface area contributed by atoms with Crippen molar-refractivity contribution in [2.45, 2.75) is 19.0 Å². The summed E-state index contributed by atoms with van der Waals surface area (Å²) < 4.78 is 62.3. The maximum absolute atomic E-state index is 13.5. The number of hydrogen-bond donors (Lipinski definition) is 0. The molecule has 0 saturated heterocycles. The van der Waals surface area contributed by atoms with Gasteiger partial charge in [0.2, 0.25) is 5.82 Å². The summed E-state index contributed by atoms with van der Waals surface area (Å²) in [5, 5.41) is 14.1. The predicted octanol–water partition coefficient (Wildman–Crippen LogP) is 3.28. The van der Waals surface area contributed by atoms with Crippen molar-refractivity contribution in [1.82, 2.24) is 20.0 Å². The summed E-state index contributed by atoms with van der Waals surface area (Å²) in [5.74, 6) is -2.88. The molecule has 0 amide bonds. The van der Waals surface area contributed by atoms with Crippen LogP contribution in [0.4, 0.5) is 17.6 Å². The Kier molecular flexibility index (Phi) is 5.13. The molecule has 0 atom stereocenters. The van der Waals surface area contributed by atoms with Crippen LogP contribution in [0.25, 0.3) is 27.6 Å². The molecule has 146 valence electrons. The molecule has 0 spiro atoms. The molecule has 3 aromatic rings. The number of halogens is 4. The smallest absolute Gasteiger partial charge is 0.295 e. The van der Waals surface area contributed by atoms with Crippen molar-refractivity contribution in [3.63, 3.8) is 0 Å². The molecule has 3 rings (SSSR count). The van der Waals surface area contributed by atoms with Crippen LogP contribution in [0, 0.1) is 5.82 Å². The van der Waals surface area contributed by atoms with Crippen LogP contribution in [0.3, 0.4) is 0 Å². The van der Waals surface area contributed by atoms with Gasteiger partial charge in [0.05, 0.1) is 11.3 Å². The summed E-state index contributed by atoms with van der Waals surface area (Å²) in [7, 11) is 0. The van der Waals surface area contributed by atoms with Crippen molar-refractivity contribution < 1.29 is 26.7 Å². The molecule has 14 heteroatoms. The molecule has 2 heterocycles. The highest BCUT2D eigenvalue weighted by molar-refractivity contribution is 5.55. The van der Waals surface area contributed by atoms with Crippen LogP contribution >= 0.6 is 0 Å². The highest BCUT2D eigenvalue weighted by atomic mass is 19.4. The number of hydrogen-bond acceptors (Lipinski definition) is 7. The topological polar surface area (TPSA) is 136 Å². The molecule has 28 heavy (non-hydrogen) atoms. The minimum atomic E-state index is -4.97. The number of alkyl halides is 3. The fourth-order valence-electron chi connectivity index (χ4n) is 2.40. The average molecular weight is 399 g/mol. The van der Waals surface area contributed by atoms with Gasteiger partial charge in [0.1, 0.15) is 11.5 Å². The van der Waals surface area contributed by atoms with Gasteiger partial charge in [-0.15, -0.1) is 0 Å². The third-order valence-electron chi connectivity index (χ3n) is 3.62. The van der Waals surface area contributed by atoms with Crippen LogP contribution in [0.15, 0.2) is 37.3 Å². The maximum atomic E-state index is 13.5. The molecule has 0 radical (unpaired) electrons. The van der Waals surface area contributed by atoms with E-state index in [-0.39, 0.29) is 35.9 Å². The van der Waals surface area contributed by atoms with Gasteiger partial charge in [0.15, 0.2) is 5.69 Å². The fraction of sp³-hybridized carbons (Fsp3) is 0.286. The second-order valence-corrected chi connectivity index (χ2v) is 5.39. The zero-order valence-corrected chi connectivity index (χ0v) is 13.7. The van der Waals surface area contributed by atoms with E-state index in [1.54, 1.807) is 0 Å². The second kappa shape index (κ2) is 7.52. The van der Waals surface area contributed by atoms with Gasteiger partial charge in [-0.25, -0.2) is 18.4 Å². The van der Waals surface area contributed by atoms with Crippen LogP contribution < -0.4 is 5.76 Å². The lowest BCUT2D eigenvalue weighted by atomic mass is 10.1. The Hall–Kier alpha value is -3.67. The molecule has 0 fully saturated rings. The van der Waals surface area contributed by atoms with Crippen LogP contribution in [0.5, 0.6) is 0 Å². The third kappa shape index (κ3) is 3.71. The quantitative estimate of drug-likeness (QED) is 0.205. The first-order chi connectivity index (χ1) is 13.3. The normalized spacial score (nSPS) is 11.4. The first-order valence-corrected chi connectivity index (χ1v) is 7.61. The van der Waals surface area contributed by atoms with Crippen molar-refractivity contribution in [3.05, 3.63) is 56.3 Å². The summed E-state index contributed by atoms with van der Waals surface area (Å²) in [6, 6.07) is 1.98. The third-order valence-corrected chi connectivity index (χ3v) is 3.62. The summed E-state index contributed by atoms with van der Waals surface area (Å²) in [5.41, 5.74) is 6.54. The average Bonchev–Trinajstić information content (AvgIpc) is 3.24. The Morgan fingerprint density at radius 3 is 2.75 bits per heavy atom. The monoisotopic (exact) mass is 399 g/mol. The maximum Gasteiger partial charge on any atom is 0.446 e. The number of nitrogens with zero attached hydrogens (tertiary/aromatic N) is 7. The molecule has 0 N–H and O–H groups in total. The number of benzene rings is 1. The molecule has 0 unspecified atom stereocenters. The minimum Gasteiger partial charge on any atom is -0.295 e. The predicted molar refractivity (Wildman–Crippen MR) is 82.7 cm³/mol. The number of azide groups is 1. The minimum absolute atomic E-state index is 0.0512. The number of aryl methyl sites for hydroxylation is 1. The lowest BCUT2D eigenvalue weighted by Gasteiger charge is -2.10. The fourth-order valence-corrected chi connectivity index (χ4v) is 2.40. The molecular formula is C14H9F4N7O3. The van der Waals surface area contributed by atoms with E-state index in [1.807, 2.05) is 0 Å². The summed E-state index contributed by atoms with van der Waals surface area (Å²) in [6.07, 6.45) is -4.39. The molecule has 0 saturated carbocycles. The molecule has 0 aliphatic rings. The zero-order valence-electron chi connectivity index (χ0n) is 13.7. The Morgan fingerprint density at radius 2 is 2.04 bits per heavy atom. The highest BCUT2D eigenvalue weighted by Crippen LogP contribution is 2.33. The highest BCUT2D eigenvalue weighted by Gasteiger charge is 2.35. The van der Waals surface area contributed by atoms with E-state index >= 15 is 0 Å². The van der Waals surface area contributed by atoms with E-state index in [4.69, 9.17) is 5.53 Å². The SMILES string of the molecule is [N-]=[N+]=NCCCc1nonc1-c1noc(=O)n1-c1ccc(F)c(C(F)(F)F)c1. The summed E-state index contributed by atoms with van der Waals surface area (Å²) in [6.45, 7) is 0.154. The first-order valence-electron chi connectivity index (χ1n) is 7.61. The molecule has 0 aliphatic heterocycles. The van der Waals surface area contributed by atoms with Gasteiger partial charge in [-0.05, 0) is 41.7 Å². The molecule has 10 nitrogen and oxygen atoms in total. The van der Waals surface area contributed by atoms with Gasteiger partial charge in [0, 0.05) is 11.5 Å². The Bertz CT molecular complexity index is 1100. The van der Waals surface area contributed by atoms with E-state index in [0.717, 1.165) is 6.07 Å². The van der Waals surface area contributed by atoms with E-state index in [2.05, 4.69) is 34.6 Å². The van der Waals surface area contributed by atoms with Crippen molar-refractivity contribution in [2.24, 2.45) is 5.11 Å². The van der Waals surface area contributed by atoms with E-state index in [0.29, 0.717) is 23.1 Å². The standard InChI is InChI=1S/C14H9F4N7O3/c15-9-4-3-7(6-8(9)14(16,17)18)25-12(23-27-13(25)26)11-10(21-28-22-11)2-1-5-20-24-19/h3-4,6H,1-2,5H2. The Morgan fingerprint density at radius 1 is 1.25 bits per heavy atom. The molecule has 0 aliphatic carbocycles. The lowest BCUT2D eigenvalue weighted by molar-refractivity contribution is -0.140. The zero-order chi connectivity index (χ0) is 20.3. The van der Waals surface area contributed by atoms with Crippen molar-refractivity contribution in [3.8, 4) is 17.2 Å². The Balaban J connectivity index is 2.05. The molecule has 1 aromatic carbocycles. The van der Waals surface area contributed by atoms with Crippen LogP contribution in [-0.2, 0) is 12.6 Å². The van der Waals surface area contributed by atoms with Gasteiger partial charge < -0.3 is 0 Å². The van der Waals surface area contributed by atoms with Gasteiger partial charge in [-0.2, -0.15) is 13.2 Å². The van der Waals surface area contributed by atoms with Crippen LogP contribution in [0.1, 0.15) is 17.7 Å². The molecule has 2 aromatic heterocycles. The van der Waals surface area contributed by atoms with Crippen LogP contribution in [0.2, 0.25) is 0 Å². The van der Waals surface area contributed by atoms with Crippen molar-refractivity contribution >= 4 is 0 Å². The molecular weight excluding hydrogens is 390 g/mol. The van der Waals surface area contributed by atoms with Gasteiger partial charge in [-0.1, -0.05) is 15.4 Å². The van der Waals surface area contributed by atoms with Crippen molar-refractivity contribution in [2.75, 3.05) is 6.54 Å². The van der Waals surface area contributed by atoms with E-state index in [9.17, 15) is 22.4 Å². The van der Waals surface area contributed by atoms with Gasteiger partial charge in [0.25, 0.3) is 0 Å². The number of aromatic nitrogens is 4. The summed E-state index contributed by atoms with van der Waals surface area (Å²) in [4.78, 5) is 14.6. The Labute approximate surface area is 151 Å². The van der Waals surface area contributed by atoms with E-state index in [1.165, 1.54) is 0 Å². The summed E-state index contributed by atoms with van der Waals surface area (Å²) >= 11 is 0.